The number of halogens is 2. The molecule has 3 amide bonds. The molecule has 214 valence electrons. The monoisotopic (exact) mass is 560 g/mol. The van der Waals surface area contributed by atoms with Crippen LogP contribution in [-0.4, -0.2) is 52.6 Å². The second-order valence-electron chi connectivity index (χ2n) is 10.7. The standard InChI is InChI=1S/C27H30F2N4O7/c1-27(2,3)40-26(36)31-21(15-9-11-39-12-10-15)25(35)32-14-16-7-8-17(33(37)38)13-18(16)23(32)24(34)30-22-19(28)5-4-6-20(22)29/h4-8,13,15,21,23H,9-12,14H2,1-3H3,(H,30,34)(H,31,36)/t21-,23-/m0/s1. The van der Waals surface area contributed by atoms with Gasteiger partial charge in [-0.05, 0) is 62.8 Å². The Hall–Kier alpha value is -4.13. The average molecular weight is 561 g/mol. The first-order chi connectivity index (χ1) is 18.9. The Morgan fingerprint density at radius 2 is 1.77 bits per heavy atom. The number of hydrogen-bond donors (Lipinski definition) is 2. The lowest BCUT2D eigenvalue weighted by Gasteiger charge is -2.35. The van der Waals surface area contributed by atoms with E-state index in [1.807, 2.05) is 0 Å². The van der Waals surface area contributed by atoms with E-state index in [2.05, 4.69) is 10.6 Å². The number of nitro benzene ring substituents is 1. The minimum Gasteiger partial charge on any atom is -0.444 e. The molecule has 1 saturated heterocycles. The molecule has 0 aromatic heterocycles. The maximum atomic E-state index is 14.4. The van der Waals surface area contributed by atoms with Crippen molar-refractivity contribution in [1.82, 2.24) is 10.2 Å². The van der Waals surface area contributed by atoms with Crippen molar-refractivity contribution in [1.29, 1.82) is 0 Å². The summed E-state index contributed by atoms with van der Waals surface area (Å²) < 4.78 is 39.5. The highest BCUT2D eigenvalue weighted by molar-refractivity contribution is 6.00. The van der Waals surface area contributed by atoms with Crippen LogP contribution < -0.4 is 10.6 Å². The maximum absolute atomic E-state index is 14.4. The van der Waals surface area contributed by atoms with Crippen LogP contribution in [0.25, 0.3) is 0 Å². The van der Waals surface area contributed by atoms with Gasteiger partial charge in [0.1, 0.15) is 35.0 Å². The highest BCUT2D eigenvalue weighted by atomic mass is 19.1. The molecule has 0 radical (unpaired) electrons. The fraction of sp³-hybridized carbons (Fsp3) is 0.444. The summed E-state index contributed by atoms with van der Waals surface area (Å²) in [5.41, 5.74) is -1.30. The second kappa shape index (κ2) is 11.5. The third-order valence-corrected chi connectivity index (χ3v) is 6.71. The summed E-state index contributed by atoms with van der Waals surface area (Å²) in [6.07, 6.45) is 0.0463. The highest BCUT2D eigenvalue weighted by Crippen LogP contribution is 2.38. The number of ether oxygens (including phenoxy) is 2. The molecule has 1 fully saturated rings. The maximum Gasteiger partial charge on any atom is 0.408 e. The van der Waals surface area contributed by atoms with E-state index >= 15 is 0 Å². The van der Waals surface area contributed by atoms with Gasteiger partial charge in [0.25, 0.3) is 11.6 Å². The largest absolute Gasteiger partial charge is 0.444 e. The Morgan fingerprint density at radius 3 is 2.38 bits per heavy atom. The third-order valence-electron chi connectivity index (χ3n) is 6.71. The van der Waals surface area contributed by atoms with Crippen LogP contribution >= 0.6 is 0 Å². The van der Waals surface area contributed by atoms with Crippen LogP contribution in [-0.2, 0) is 25.6 Å². The Morgan fingerprint density at radius 1 is 1.12 bits per heavy atom. The van der Waals surface area contributed by atoms with E-state index in [1.165, 1.54) is 12.1 Å². The summed E-state index contributed by atoms with van der Waals surface area (Å²) in [4.78, 5) is 52.3. The van der Waals surface area contributed by atoms with Crippen LogP contribution in [0.4, 0.5) is 25.0 Å². The van der Waals surface area contributed by atoms with Crippen LogP contribution in [0.5, 0.6) is 0 Å². The molecular formula is C27H30F2N4O7. The summed E-state index contributed by atoms with van der Waals surface area (Å²) in [6.45, 7) is 5.60. The van der Waals surface area contributed by atoms with Gasteiger partial charge in [0, 0.05) is 31.9 Å². The van der Waals surface area contributed by atoms with Crippen LogP contribution in [0, 0.1) is 27.7 Å². The fourth-order valence-electron chi connectivity index (χ4n) is 4.88. The zero-order chi connectivity index (χ0) is 29.2. The van der Waals surface area contributed by atoms with Gasteiger partial charge in [0.05, 0.1) is 4.92 Å². The number of rotatable bonds is 6. The first kappa shape index (κ1) is 28.9. The lowest BCUT2D eigenvalue weighted by atomic mass is 9.90. The second-order valence-corrected chi connectivity index (χ2v) is 10.7. The van der Waals surface area contributed by atoms with Crippen molar-refractivity contribution in [3.63, 3.8) is 0 Å². The summed E-state index contributed by atoms with van der Waals surface area (Å²) in [7, 11) is 0. The topological polar surface area (TPSA) is 140 Å². The molecule has 0 saturated carbocycles. The molecule has 2 heterocycles. The van der Waals surface area contributed by atoms with Crippen molar-refractivity contribution >= 4 is 29.3 Å². The summed E-state index contributed by atoms with van der Waals surface area (Å²) in [5, 5.41) is 16.3. The number of benzene rings is 2. The van der Waals surface area contributed by atoms with Gasteiger partial charge in [-0.1, -0.05) is 12.1 Å². The van der Waals surface area contributed by atoms with E-state index < -0.39 is 57.8 Å². The van der Waals surface area contributed by atoms with Crippen LogP contribution in [0.1, 0.15) is 50.8 Å². The van der Waals surface area contributed by atoms with E-state index in [0.29, 0.717) is 31.6 Å². The quantitative estimate of drug-likeness (QED) is 0.398. The first-order valence-corrected chi connectivity index (χ1v) is 12.8. The van der Waals surface area contributed by atoms with E-state index in [1.54, 1.807) is 20.8 Å². The molecule has 0 aliphatic carbocycles. The van der Waals surface area contributed by atoms with Crippen LogP contribution in [0.3, 0.4) is 0 Å². The fourth-order valence-corrected chi connectivity index (χ4v) is 4.88. The normalized spacial score (nSPS) is 18.0. The van der Waals surface area contributed by atoms with Crippen molar-refractivity contribution < 1.29 is 37.6 Å². The van der Waals surface area contributed by atoms with Gasteiger partial charge in [-0.25, -0.2) is 13.6 Å². The number of para-hydroxylation sites is 1. The van der Waals surface area contributed by atoms with E-state index in [9.17, 15) is 33.3 Å². The van der Waals surface area contributed by atoms with Gasteiger partial charge < -0.3 is 25.0 Å². The van der Waals surface area contributed by atoms with E-state index in [0.717, 1.165) is 29.2 Å². The molecule has 2 N–H and O–H groups in total. The number of amides is 3. The Kier molecular flexibility index (Phi) is 8.33. The molecule has 2 aliphatic rings. The Balaban J connectivity index is 1.71. The molecule has 2 atom stereocenters. The smallest absolute Gasteiger partial charge is 0.408 e. The van der Waals surface area contributed by atoms with Crippen LogP contribution in [0.15, 0.2) is 36.4 Å². The van der Waals surface area contributed by atoms with Crippen LogP contribution in [0.2, 0.25) is 0 Å². The van der Waals surface area contributed by atoms with Gasteiger partial charge in [0.15, 0.2) is 0 Å². The lowest BCUT2D eigenvalue weighted by molar-refractivity contribution is -0.384. The minimum absolute atomic E-state index is 0.125. The number of nitrogens with zero attached hydrogens (tertiary/aromatic N) is 2. The zero-order valence-corrected chi connectivity index (χ0v) is 22.2. The summed E-state index contributed by atoms with van der Waals surface area (Å²) >= 11 is 0. The number of nitro groups is 1. The van der Waals surface area contributed by atoms with Gasteiger partial charge in [-0.15, -0.1) is 0 Å². The molecule has 2 aliphatic heterocycles. The van der Waals surface area contributed by atoms with Gasteiger partial charge in [-0.2, -0.15) is 0 Å². The number of alkyl carbamates (subject to hydrolysis) is 1. The van der Waals surface area contributed by atoms with Gasteiger partial charge in [0.2, 0.25) is 5.91 Å². The number of anilines is 1. The molecule has 2 aromatic carbocycles. The summed E-state index contributed by atoms with van der Waals surface area (Å²) in [6, 6.07) is 4.29. The van der Waals surface area contributed by atoms with Crippen molar-refractivity contribution in [2.45, 2.75) is 57.8 Å². The van der Waals surface area contributed by atoms with Gasteiger partial charge >= 0.3 is 6.09 Å². The number of carbonyl (C=O) groups excluding carboxylic acids is 3. The predicted octanol–water partition coefficient (Wildman–Crippen LogP) is 4.21. The molecule has 4 rings (SSSR count). The zero-order valence-electron chi connectivity index (χ0n) is 22.2. The highest BCUT2D eigenvalue weighted by Gasteiger charge is 2.44. The van der Waals surface area contributed by atoms with Gasteiger partial charge in [-0.3, -0.25) is 19.7 Å². The number of non-ortho nitro benzene ring substituents is 1. The number of hydrogen-bond acceptors (Lipinski definition) is 7. The van der Waals surface area contributed by atoms with E-state index in [4.69, 9.17) is 9.47 Å². The molecule has 0 bridgehead atoms. The van der Waals surface area contributed by atoms with E-state index in [-0.39, 0.29) is 23.7 Å². The Labute approximate surface area is 229 Å². The van der Waals surface area contributed by atoms with Crippen molar-refractivity contribution in [3.05, 3.63) is 69.3 Å². The average Bonchev–Trinajstić information content (AvgIpc) is 3.27. The minimum atomic E-state index is -1.47. The molecular weight excluding hydrogens is 530 g/mol. The van der Waals surface area contributed by atoms with Crippen molar-refractivity contribution in [3.8, 4) is 0 Å². The third kappa shape index (κ3) is 6.36. The molecule has 40 heavy (non-hydrogen) atoms. The Bertz CT molecular complexity index is 1300. The number of nitrogens with one attached hydrogen (secondary N) is 2. The number of carbonyl (C=O) groups is 3. The summed E-state index contributed by atoms with van der Waals surface area (Å²) in [5.74, 6) is -4.05. The molecule has 0 unspecified atom stereocenters. The molecule has 13 heteroatoms. The molecule has 11 nitrogen and oxygen atoms in total. The van der Waals surface area contributed by atoms with Crippen molar-refractivity contribution in [2.75, 3.05) is 18.5 Å². The molecule has 2 aromatic rings. The number of fused-ring (bicyclic) bond motifs is 1. The lowest BCUT2D eigenvalue weighted by Crippen LogP contribution is -2.54. The predicted molar refractivity (Wildman–Crippen MR) is 138 cm³/mol. The first-order valence-electron chi connectivity index (χ1n) is 12.8. The SMILES string of the molecule is CC(C)(C)OC(=O)N[C@H](C(=O)N1Cc2ccc([N+](=O)[O-])cc2[C@H]1C(=O)Nc1c(F)cccc1F)C1CCOCC1. The van der Waals surface area contributed by atoms with Crippen molar-refractivity contribution in [2.24, 2.45) is 5.92 Å². The molecule has 0 spiro atoms.